The van der Waals surface area contributed by atoms with Gasteiger partial charge in [0.15, 0.2) is 11.9 Å². The summed E-state index contributed by atoms with van der Waals surface area (Å²) in [6, 6.07) is 0.141. The van der Waals surface area contributed by atoms with Crippen LogP contribution in [0.1, 0.15) is 20.8 Å². The van der Waals surface area contributed by atoms with Gasteiger partial charge in [0.25, 0.3) is 5.91 Å². The molecule has 0 radical (unpaired) electrons. The van der Waals surface area contributed by atoms with Crippen molar-refractivity contribution in [3.05, 3.63) is 0 Å². The van der Waals surface area contributed by atoms with Crippen molar-refractivity contribution < 1.29 is 14.3 Å². The quantitative estimate of drug-likeness (QED) is 0.480. The maximum atomic E-state index is 11.3. The molecule has 0 bridgehead atoms. The van der Waals surface area contributed by atoms with Crippen molar-refractivity contribution in [2.24, 2.45) is 0 Å². The summed E-state index contributed by atoms with van der Waals surface area (Å²) in [7, 11) is 3.34. The van der Waals surface area contributed by atoms with Crippen molar-refractivity contribution in [2.75, 3.05) is 14.2 Å². The van der Waals surface area contributed by atoms with Gasteiger partial charge >= 0.3 is 0 Å². The van der Waals surface area contributed by atoms with Crippen LogP contribution < -0.4 is 0 Å². The van der Waals surface area contributed by atoms with Crippen LogP contribution in [0.15, 0.2) is 0 Å². The van der Waals surface area contributed by atoms with Gasteiger partial charge in [-0.2, -0.15) is 0 Å². The summed E-state index contributed by atoms with van der Waals surface area (Å²) in [6.07, 6.45) is -0.347. The van der Waals surface area contributed by atoms with Gasteiger partial charge in [0.05, 0.1) is 6.04 Å². The molecule has 0 spiro atoms. The van der Waals surface area contributed by atoms with Crippen molar-refractivity contribution in [2.45, 2.75) is 38.7 Å². The molecule has 1 unspecified atom stereocenters. The molecule has 13 heavy (non-hydrogen) atoms. The number of hydrogen-bond donors (Lipinski definition) is 0. The summed E-state index contributed by atoms with van der Waals surface area (Å²) in [6.45, 7) is 5.55. The highest BCUT2D eigenvalue weighted by molar-refractivity contribution is 5.87. The highest BCUT2D eigenvalue weighted by Crippen LogP contribution is 2.25. The van der Waals surface area contributed by atoms with Crippen LogP contribution in [0.3, 0.4) is 0 Å². The molecule has 0 aromatic rings. The Morgan fingerprint density at radius 1 is 1.46 bits per heavy atom. The van der Waals surface area contributed by atoms with Gasteiger partial charge in [0, 0.05) is 14.2 Å². The van der Waals surface area contributed by atoms with Gasteiger partial charge in [-0.25, -0.2) is 0 Å². The van der Waals surface area contributed by atoms with E-state index >= 15 is 0 Å². The smallest absolute Gasteiger partial charge is 0.254 e. The van der Waals surface area contributed by atoms with Crippen LogP contribution in [0.25, 0.3) is 0 Å². The monoisotopic (exact) mass is 187 g/mol. The molecule has 0 aromatic heterocycles. The first-order chi connectivity index (χ1) is 5.89. The summed E-state index contributed by atoms with van der Waals surface area (Å²) in [5, 5.41) is 0. The van der Waals surface area contributed by atoms with Crippen LogP contribution in [0.2, 0.25) is 0 Å². The largest absolute Gasteiger partial charge is 0.354 e. The van der Waals surface area contributed by atoms with Crippen molar-refractivity contribution in [3.63, 3.8) is 0 Å². The van der Waals surface area contributed by atoms with E-state index in [0.29, 0.717) is 0 Å². The molecule has 1 fully saturated rings. The van der Waals surface area contributed by atoms with Gasteiger partial charge < -0.3 is 14.4 Å². The van der Waals surface area contributed by atoms with Gasteiger partial charge in [-0.05, 0) is 20.8 Å². The van der Waals surface area contributed by atoms with E-state index in [9.17, 15) is 4.79 Å². The number of ether oxygens (including phenoxy) is 2. The lowest BCUT2D eigenvalue weighted by Gasteiger charge is -2.45. The minimum absolute atomic E-state index is 0.0256. The number of carbonyl (C=O) groups is 1. The average molecular weight is 187 g/mol. The lowest BCUT2D eigenvalue weighted by atomic mass is 10.0. The van der Waals surface area contributed by atoms with E-state index in [4.69, 9.17) is 9.47 Å². The van der Waals surface area contributed by atoms with E-state index in [1.54, 1.807) is 32.9 Å². The number of hydrogen-bond acceptors (Lipinski definition) is 3. The number of carbonyl (C=O) groups excluding carboxylic acids is 1. The number of amides is 1. The molecule has 4 nitrogen and oxygen atoms in total. The first-order valence-corrected chi connectivity index (χ1v) is 4.38. The molecular weight excluding hydrogens is 170 g/mol. The molecule has 2 atom stereocenters. The highest BCUT2D eigenvalue weighted by atomic mass is 16.7. The Hall–Kier alpha value is -0.610. The van der Waals surface area contributed by atoms with E-state index in [1.807, 2.05) is 6.92 Å². The van der Waals surface area contributed by atoms with Gasteiger partial charge in [-0.3, -0.25) is 4.79 Å². The summed E-state index contributed by atoms with van der Waals surface area (Å²) in [5.41, 5.74) is 0. The standard InChI is InChI=1S/C9H17NO3/c1-6-7(8(11)10(6)4)13-9(2,3)12-5/h6-7H,1-5H3/t6-,7?/m0/s1. The van der Waals surface area contributed by atoms with Crippen LogP contribution in [0.4, 0.5) is 0 Å². The molecular formula is C9H17NO3. The SMILES string of the molecule is COC(C)(C)OC1C(=O)N(C)[C@H]1C. The predicted octanol–water partition coefficient (Wildman–Crippen LogP) is 0.615. The number of β-lactam (4-membered cyclic amide) rings is 1. The second kappa shape index (κ2) is 3.27. The predicted molar refractivity (Wildman–Crippen MR) is 48.2 cm³/mol. The Morgan fingerprint density at radius 3 is 2.38 bits per heavy atom. The molecule has 1 rings (SSSR count). The fourth-order valence-corrected chi connectivity index (χ4v) is 1.23. The third kappa shape index (κ3) is 1.84. The van der Waals surface area contributed by atoms with E-state index in [-0.39, 0.29) is 18.1 Å². The Balaban J connectivity index is 2.52. The van der Waals surface area contributed by atoms with Crippen LogP contribution >= 0.6 is 0 Å². The number of rotatable bonds is 3. The number of nitrogens with zero attached hydrogens (tertiary/aromatic N) is 1. The summed E-state index contributed by atoms with van der Waals surface area (Å²) < 4.78 is 10.6. The van der Waals surface area contributed by atoms with E-state index in [2.05, 4.69) is 0 Å². The second-order valence-electron chi connectivity index (χ2n) is 3.83. The van der Waals surface area contributed by atoms with Crippen molar-refractivity contribution in [1.29, 1.82) is 0 Å². The second-order valence-corrected chi connectivity index (χ2v) is 3.83. The molecule has 1 aliphatic heterocycles. The molecule has 0 aromatic carbocycles. The van der Waals surface area contributed by atoms with E-state index < -0.39 is 5.79 Å². The van der Waals surface area contributed by atoms with Gasteiger partial charge in [0.1, 0.15) is 0 Å². The molecule has 0 N–H and O–H groups in total. The number of methoxy groups -OCH3 is 1. The zero-order valence-electron chi connectivity index (χ0n) is 8.83. The van der Waals surface area contributed by atoms with Crippen LogP contribution in [0.5, 0.6) is 0 Å². The minimum atomic E-state index is -0.685. The molecule has 1 heterocycles. The summed E-state index contributed by atoms with van der Waals surface area (Å²) >= 11 is 0. The maximum Gasteiger partial charge on any atom is 0.254 e. The Bertz CT molecular complexity index is 215. The molecule has 1 saturated heterocycles. The fourth-order valence-electron chi connectivity index (χ4n) is 1.23. The fraction of sp³-hybridized carbons (Fsp3) is 0.889. The average Bonchev–Trinajstić information content (AvgIpc) is 2.12. The Morgan fingerprint density at radius 2 is 2.00 bits per heavy atom. The first-order valence-electron chi connectivity index (χ1n) is 4.38. The normalized spacial score (nSPS) is 29.0. The third-order valence-electron chi connectivity index (χ3n) is 2.54. The van der Waals surface area contributed by atoms with Crippen molar-refractivity contribution in [3.8, 4) is 0 Å². The van der Waals surface area contributed by atoms with Gasteiger partial charge in [-0.15, -0.1) is 0 Å². The summed E-state index contributed by atoms with van der Waals surface area (Å²) in [4.78, 5) is 13.0. The lowest BCUT2D eigenvalue weighted by Crippen LogP contribution is -2.64. The zero-order chi connectivity index (χ0) is 10.2. The Labute approximate surface area is 78.8 Å². The minimum Gasteiger partial charge on any atom is -0.354 e. The van der Waals surface area contributed by atoms with Crippen LogP contribution in [0, 0.1) is 0 Å². The number of likely N-dealkylation sites (N-methyl/N-ethyl adjacent to an activating group) is 1. The molecule has 1 amide bonds. The topological polar surface area (TPSA) is 38.8 Å². The zero-order valence-corrected chi connectivity index (χ0v) is 8.83. The Kier molecular flexibility index (Phi) is 2.63. The molecule has 76 valence electrons. The lowest BCUT2D eigenvalue weighted by molar-refractivity contribution is -0.250. The van der Waals surface area contributed by atoms with Crippen molar-refractivity contribution >= 4 is 5.91 Å². The first kappa shape index (κ1) is 10.5. The number of likely N-dealkylation sites (tertiary alicyclic amines) is 1. The van der Waals surface area contributed by atoms with E-state index in [1.165, 1.54) is 0 Å². The highest BCUT2D eigenvalue weighted by Gasteiger charge is 2.45. The third-order valence-corrected chi connectivity index (χ3v) is 2.54. The van der Waals surface area contributed by atoms with Gasteiger partial charge in [-0.1, -0.05) is 0 Å². The summed E-state index contributed by atoms with van der Waals surface area (Å²) in [5.74, 6) is -0.659. The maximum absolute atomic E-state index is 11.3. The van der Waals surface area contributed by atoms with Crippen LogP contribution in [-0.4, -0.2) is 42.9 Å². The molecule has 0 aliphatic carbocycles. The molecule has 0 saturated carbocycles. The van der Waals surface area contributed by atoms with E-state index in [0.717, 1.165) is 0 Å². The molecule has 4 heteroatoms. The van der Waals surface area contributed by atoms with Gasteiger partial charge in [0.2, 0.25) is 0 Å². The van der Waals surface area contributed by atoms with Crippen molar-refractivity contribution in [1.82, 2.24) is 4.90 Å². The molecule has 1 aliphatic rings. The van der Waals surface area contributed by atoms with Crippen LogP contribution in [-0.2, 0) is 14.3 Å².